The first-order valence-corrected chi connectivity index (χ1v) is 4.94. The van der Waals surface area contributed by atoms with Crippen molar-refractivity contribution in [3.05, 3.63) is 54.1 Å². The molecule has 0 bridgehead atoms. The summed E-state index contributed by atoms with van der Waals surface area (Å²) in [5.74, 6) is 0. The number of aromatic amines is 1. The third-order valence-corrected chi connectivity index (χ3v) is 2.34. The van der Waals surface area contributed by atoms with E-state index in [1.165, 1.54) is 0 Å². The molecule has 0 saturated carbocycles. The Morgan fingerprint density at radius 1 is 1.47 bits per heavy atom. The number of hydrogen-bond donors (Lipinski definition) is 1. The molecule has 15 heavy (non-hydrogen) atoms. The highest BCUT2D eigenvalue weighted by molar-refractivity contribution is 6.67. The molecular formula is C11H10ClN2O+. The van der Waals surface area contributed by atoms with Crippen LogP contribution in [0.25, 0.3) is 0 Å². The predicted octanol–water partition coefficient (Wildman–Crippen LogP) is 1.73. The number of carbonyl (C=O) groups is 1. The first-order chi connectivity index (χ1) is 7.25. The van der Waals surface area contributed by atoms with Gasteiger partial charge in [-0.3, -0.25) is 9.78 Å². The minimum absolute atomic E-state index is 0.420. The van der Waals surface area contributed by atoms with Gasteiger partial charge in [0, 0.05) is 5.56 Å². The van der Waals surface area contributed by atoms with E-state index in [0.29, 0.717) is 5.56 Å². The monoisotopic (exact) mass is 221 g/mol. The quantitative estimate of drug-likeness (QED) is 0.622. The number of H-pyrrole nitrogens is 1. The maximum atomic E-state index is 11.0. The highest BCUT2D eigenvalue weighted by atomic mass is 35.5. The predicted molar refractivity (Wildman–Crippen MR) is 56.7 cm³/mol. The van der Waals surface area contributed by atoms with E-state index in [-0.39, 0.29) is 0 Å². The van der Waals surface area contributed by atoms with Crippen molar-refractivity contribution in [2.45, 2.75) is 6.54 Å². The Morgan fingerprint density at radius 3 is 3.00 bits per heavy atom. The number of aromatic nitrogens is 2. The molecule has 1 heterocycles. The molecule has 1 N–H and O–H groups in total. The van der Waals surface area contributed by atoms with Crippen LogP contribution in [0.4, 0.5) is 0 Å². The van der Waals surface area contributed by atoms with Crippen LogP contribution < -0.4 is 4.57 Å². The molecule has 0 atom stereocenters. The van der Waals surface area contributed by atoms with Gasteiger partial charge in [0.15, 0.2) is 0 Å². The largest absolute Gasteiger partial charge is 0.276 e. The van der Waals surface area contributed by atoms with Gasteiger partial charge in [-0.2, -0.15) is 0 Å². The number of nitrogens with one attached hydrogen (secondary N) is 1. The summed E-state index contributed by atoms with van der Waals surface area (Å²) in [4.78, 5) is 13.9. The second-order valence-corrected chi connectivity index (χ2v) is 3.60. The Bertz CT molecular complexity index is 465. The summed E-state index contributed by atoms with van der Waals surface area (Å²) in [5, 5.41) is -0.420. The minimum Gasteiger partial charge on any atom is -0.276 e. The maximum Gasteiger partial charge on any atom is 0.252 e. The van der Waals surface area contributed by atoms with E-state index in [9.17, 15) is 4.79 Å². The van der Waals surface area contributed by atoms with Crippen molar-refractivity contribution < 1.29 is 9.36 Å². The smallest absolute Gasteiger partial charge is 0.252 e. The molecule has 0 saturated heterocycles. The van der Waals surface area contributed by atoms with E-state index < -0.39 is 5.24 Å². The van der Waals surface area contributed by atoms with Crippen molar-refractivity contribution in [1.82, 2.24) is 4.98 Å². The number of carbonyl (C=O) groups excluding carboxylic acids is 1. The first kappa shape index (κ1) is 9.93. The summed E-state index contributed by atoms with van der Waals surface area (Å²) in [6.07, 6.45) is 5.63. The Kier molecular flexibility index (Phi) is 2.83. The number of benzene rings is 1. The van der Waals surface area contributed by atoms with Crippen LogP contribution in [0.2, 0.25) is 0 Å². The van der Waals surface area contributed by atoms with Gasteiger partial charge in [0.25, 0.3) is 5.24 Å². The maximum absolute atomic E-state index is 11.0. The summed E-state index contributed by atoms with van der Waals surface area (Å²) in [7, 11) is 0. The lowest BCUT2D eigenvalue weighted by Crippen LogP contribution is -2.30. The van der Waals surface area contributed by atoms with Crippen LogP contribution in [0, 0.1) is 0 Å². The van der Waals surface area contributed by atoms with Crippen LogP contribution in [0.5, 0.6) is 0 Å². The molecule has 76 valence electrons. The molecule has 0 fully saturated rings. The first-order valence-electron chi connectivity index (χ1n) is 4.56. The van der Waals surface area contributed by atoms with Crippen LogP contribution >= 0.6 is 11.6 Å². The fourth-order valence-corrected chi connectivity index (χ4v) is 1.54. The molecule has 4 heteroatoms. The van der Waals surface area contributed by atoms with Crippen molar-refractivity contribution in [3.8, 4) is 0 Å². The van der Waals surface area contributed by atoms with Gasteiger partial charge in [-0.05, 0) is 23.2 Å². The van der Waals surface area contributed by atoms with Gasteiger partial charge in [0.1, 0.15) is 18.9 Å². The number of nitrogens with zero attached hydrogens (tertiary/aromatic N) is 1. The number of imidazole rings is 1. The zero-order valence-electron chi connectivity index (χ0n) is 7.98. The van der Waals surface area contributed by atoms with E-state index in [4.69, 9.17) is 11.6 Å². The zero-order valence-corrected chi connectivity index (χ0v) is 8.74. The fourth-order valence-electron chi connectivity index (χ4n) is 1.42. The molecule has 2 aromatic rings. The fraction of sp³-hybridized carbons (Fsp3) is 0.0909. The summed E-state index contributed by atoms with van der Waals surface area (Å²) in [6, 6.07) is 7.30. The Balaban J connectivity index is 2.22. The van der Waals surface area contributed by atoms with Crippen molar-refractivity contribution in [3.63, 3.8) is 0 Å². The second-order valence-electron chi connectivity index (χ2n) is 3.26. The molecule has 1 aromatic heterocycles. The Hall–Kier alpha value is -1.61. The molecule has 0 aliphatic heterocycles. The van der Waals surface area contributed by atoms with Crippen molar-refractivity contribution in [2.75, 3.05) is 0 Å². The van der Waals surface area contributed by atoms with E-state index in [1.807, 2.05) is 35.4 Å². The van der Waals surface area contributed by atoms with Gasteiger partial charge in [-0.15, -0.1) is 0 Å². The SMILES string of the molecule is O=C(Cl)c1cccc(C[n+]2cc[nH]c2)c1. The van der Waals surface area contributed by atoms with Crippen molar-refractivity contribution >= 4 is 16.8 Å². The average Bonchev–Trinajstić information content (AvgIpc) is 2.71. The molecule has 0 aliphatic carbocycles. The number of hydrogen-bond acceptors (Lipinski definition) is 1. The second kappa shape index (κ2) is 4.28. The molecule has 2 rings (SSSR count). The standard InChI is InChI=1S/C11H9ClN2O/c12-11(15)10-3-1-2-9(6-10)7-14-5-4-13-8-14/h1-6,8H,7H2/p+1. The lowest BCUT2D eigenvalue weighted by atomic mass is 10.1. The van der Waals surface area contributed by atoms with Crippen LogP contribution in [-0.2, 0) is 6.54 Å². The van der Waals surface area contributed by atoms with Crippen LogP contribution in [0.3, 0.4) is 0 Å². The van der Waals surface area contributed by atoms with Gasteiger partial charge >= 0.3 is 0 Å². The molecular weight excluding hydrogens is 212 g/mol. The van der Waals surface area contributed by atoms with Crippen LogP contribution in [0.15, 0.2) is 43.0 Å². The van der Waals surface area contributed by atoms with Crippen LogP contribution in [-0.4, -0.2) is 10.2 Å². The normalized spacial score (nSPS) is 10.2. The van der Waals surface area contributed by atoms with Gasteiger partial charge < -0.3 is 0 Å². The lowest BCUT2D eigenvalue weighted by Gasteiger charge is -1.99. The van der Waals surface area contributed by atoms with E-state index >= 15 is 0 Å². The number of halogens is 1. The molecule has 0 radical (unpaired) electrons. The molecule has 3 nitrogen and oxygen atoms in total. The third kappa shape index (κ3) is 2.44. The summed E-state index contributed by atoms with van der Waals surface area (Å²) >= 11 is 5.41. The highest BCUT2D eigenvalue weighted by Crippen LogP contribution is 2.07. The number of rotatable bonds is 3. The summed E-state index contributed by atoms with van der Waals surface area (Å²) in [6.45, 7) is 0.724. The van der Waals surface area contributed by atoms with Gasteiger partial charge in [-0.25, -0.2) is 4.57 Å². The summed E-state index contributed by atoms with van der Waals surface area (Å²) in [5.41, 5.74) is 1.58. The molecule has 1 aromatic carbocycles. The topological polar surface area (TPSA) is 36.7 Å². The van der Waals surface area contributed by atoms with Crippen molar-refractivity contribution in [2.24, 2.45) is 0 Å². The Morgan fingerprint density at radius 2 is 2.33 bits per heavy atom. The highest BCUT2D eigenvalue weighted by Gasteiger charge is 2.04. The van der Waals surface area contributed by atoms with Gasteiger partial charge in [-0.1, -0.05) is 18.2 Å². The van der Waals surface area contributed by atoms with Gasteiger partial charge in [0.05, 0.1) is 0 Å². The molecule has 0 spiro atoms. The van der Waals surface area contributed by atoms with E-state index in [0.717, 1.165) is 12.1 Å². The minimum atomic E-state index is -0.420. The zero-order chi connectivity index (χ0) is 10.7. The molecule has 0 aliphatic rings. The summed E-state index contributed by atoms with van der Waals surface area (Å²) < 4.78 is 1.98. The molecule has 0 amide bonds. The van der Waals surface area contributed by atoms with Crippen LogP contribution in [0.1, 0.15) is 15.9 Å². The van der Waals surface area contributed by atoms with Crippen molar-refractivity contribution in [1.29, 1.82) is 0 Å². The van der Waals surface area contributed by atoms with Gasteiger partial charge in [0.2, 0.25) is 6.33 Å². The Labute approximate surface area is 92.3 Å². The third-order valence-electron chi connectivity index (χ3n) is 2.12. The van der Waals surface area contributed by atoms with E-state index in [1.54, 1.807) is 12.1 Å². The molecule has 0 unspecified atom stereocenters. The lowest BCUT2D eigenvalue weighted by molar-refractivity contribution is -0.687. The van der Waals surface area contributed by atoms with E-state index in [2.05, 4.69) is 4.98 Å². The average molecular weight is 222 g/mol.